The first kappa shape index (κ1) is 17.6. The van der Waals surface area contributed by atoms with Gasteiger partial charge in [-0.3, -0.25) is 9.78 Å². The fourth-order valence-corrected chi connectivity index (χ4v) is 4.08. The molecule has 1 saturated heterocycles. The largest absolute Gasteiger partial charge is 0.334 e. The summed E-state index contributed by atoms with van der Waals surface area (Å²) in [6, 6.07) is 18.1. The Hall–Kier alpha value is -3.54. The summed E-state index contributed by atoms with van der Waals surface area (Å²) in [5.74, 6) is 0.113. The van der Waals surface area contributed by atoms with Crippen LogP contribution < -0.4 is 0 Å². The quantitative estimate of drug-likeness (QED) is 0.539. The van der Waals surface area contributed by atoms with Crippen LogP contribution in [0.1, 0.15) is 30.1 Å². The van der Waals surface area contributed by atoms with Crippen LogP contribution in [0.2, 0.25) is 0 Å². The highest BCUT2D eigenvalue weighted by Gasteiger charge is 2.33. The molecular formula is C23H21N5O. The highest BCUT2D eigenvalue weighted by molar-refractivity contribution is 5.80. The van der Waals surface area contributed by atoms with E-state index in [4.69, 9.17) is 0 Å². The van der Waals surface area contributed by atoms with Gasteiger partial charge in [-0.1, -0.05) is 47.7 Å². The van der Waals surface area contributed by atoms with Crippen LogP contribution in [-0.4, -0.2) is 37.2 Å². The van der Waals surface area contributed by atoms with Gasteiger partial charge in [0.1, 0.15) is 5.69 Å². The van der Waals surface area contributed by atoms with E-state index in [2.05, 4.69) is 39.6 Å². The van der Waals surface area contributed by atoms with E-state index >= 15 is 0 Å². The number of likely N-dealkylation sites (tertiary alicyclic amines) is 1. The predicted octanol–water partition coefficient (Wildman–Crippen LogP) is 3.70. The van der Waals surface area contributed by atoms with E-state index in [1.807, 2.05) is 45.9 Å². The molecule has 1 aliphatic rings. The average Bonchev–Trinajstić information content (AvgIpc) is 3.41. The maximum Gasteiger partial charge on any atom is 0.227 e. The van der Waals surface area contributed by atoms with E-state index in [0.717, 1.165) is 47.3 Å². The summed E-state index contributed by atoms with van der Waals surface area (Å²) in [4.78, 5) is 19.0. The zero-order valence-corrected chi connectivity index (χ0v) is 16.0. The molecule has 5 rings (SSSR count). The number of carbonyl (C=O) groups excluding carboxylic acids is 1. The molecule has 4 heterocycles. The van der Waals surface area contributed by atoms with E-state index in [1.165, 1.54) is 0 Å². The molecule has 1 amide bonds. The standard InChI is InChI=1S/C23H21N5O/c29-22(14-17-6-4-12-24-15-17)27-13-5-9-20(27)23-21-11-10-19(16-28(21)26-25-23)18-7-2-1-3-8-18/h1-4,6-8,10-12,15-16,20H,5,9,13-14H2. The molecule has 4 aromatic rings. The minimum Gasteiger partial charge on any atom is -0.334 e. The summed E-state index contributed by atoms with van der Waals surface area (Å²) in [6.07, 6.45) is 7.72. The number of amides is 1. The number of hydrogen-bond donors (Lipinski definition) is 0. The molecule has 1 aromatic carbocycles. The molecule has 0 bridgehead atoms. The Morgan fingerprint density at radius 2 is 1.93 bits per heavy atom. The Balaban J connectivity index is 1.43. The molecule has 3 aromatic heterocycles. The molecular weight excluding hydrogens is 362 g/mol. The van der Waals surface area contributed by atoms with Crippen molar-refractivity contribution in [2.45, 2.75) is 25.3 Å². The SMILES string of the molecule is O=C(Cc1cccnc1)N1CCCC1c1nnn2cc(-c3ccccc3)ccc12. The van der Waals surface area contributed by atoms with Gasteiger partial charge in [0.2, 0.25) is 5.91 Å². The minimum atomic E-state index is -0.0285. The maximum absolute atomic E-state index is 12.9. The fourth-order valence-electron chi connectivity index (χ4n) is 4.08. The van der Waals surface area contributed by atoms with Gasteiger partial charge in [0.15, 0.2) is 0 Å². The lowest BCUT2D eigenvalue weighted by Crippen LogP contribution is -2.32. The highest BCUT2D eigenvalue weighted by Crippen LogP contribution is 2.34. The van der Waals surface area contributed by atoms with Crippen molar-refractivity contribution < 1.29 is 4.79 Å². The molecule has 0 radical (unpaired) electrons. The van der Waals surface area contributed by atoms with Gasteiger partial charge < -0.3 is 4.90 Å². The Bertz CT molecular complexity index is 1140. The van der Waals surface area contributed by atoms with E-state index in [0.29, 0.717) is 6.42 Å². The van der Waals surface area contributed by atoms with Crippen molar-refractivity contribution in [2.75, 3.05) is 6.54 Å². The second-order valence-corrected chi connectivity index (χ2v) is 7.37. The van der Waals surface area contributed by atoms with Crippen LogP contribution in [0.4, 0.5) is 0 Å². The van der Waals surface area contributed by atoms with Crippen molar-refractivity contribution in [2.24, 2.45) is 0 Å². The van der Waals surface area contributed by atoms with Gasteiger partial charge in [0.25, 0.3) is 0 Å². The van der Waals surface area contributed by atoms with E-state index < -0.39 is 0 Å². The fraction of sp³-hybridized carbons (Fsp3) is 0.217. The van der Waals surface area contributed by atoms with Gasteiger partial charge in [0.05, 0.1) is 18.0 Å². The molecule has 0 spiro atoms. The number of rotatable bonds is 4. The third-order valence-corrected chi connectivity index (χ3v) is 5.51. The Morgan fingerprint density at radius 3 is 2.76 bits per heavy atom. The zero-order valence-electron chi connectivity index (χ0n) is 16.0. The lowest BCUT2D eigenvalue weighted by Gasteiger charge is -2.23. The average molecular weight is 383 g/mol. The molecule has 0 saturated carbocycles. The molecule has 1 atom stereocenters. The van der Waals surface area contributed by atoms with Crippen LogP contribution in [-0.2, 0) is 11.2 Å². The van der Waals surface area contributed by atoms with E-state index in [-0.39, 0.29) is 11.9 Å². The van der Waals surface area contributed by atoms with Gasteiger partial charge in [-0.05, 0) is 36.1 Å². The number of fused-ring (bicyclic) bond motifs is 1. The normalized spacial score (nSPS) is 16.4. The van der Waals surface area contributed by atoms with Crippen LogP contribution >= 0.6 is 0 Å². The minimum absolute atomic E-state index is 0.0285. The van der Waals surface area contributed by atoms with E-state index in [1.54, 1.807) is 12.4 Å². The van der Waals surface area contributed by atoms with Crippen molar-refractivity contribution >= 4 is 11.4 Å². The molecule has 1 fully saturated rings. The number of nitrogens with zero attached hydrogens (tertiary/aromatic N) is 5. The molecule has 29 heavy (non-hydrogen) atoms. The molecule has 0 aliphatic carbocycles. The van der Waals surface area contributed by atoms with Gasteiger partial charge in [-0.25, -0.2) is 4.52 Å². The summed E-state index contributed by atoms with van der Waals surface area (Å²) in [7, 11) is 0. The van der Waals surface area contributed by atoms with Crippen LogP contribution in [0.15, 0.2) is 73.2 Å². The number of pyridine rings is 2. The second kappa shape index (κ2) is 7.47. The smallest absolute Gasteiger partial charge is 0.227 e. The number of carbonyl (C=O) groups is 1. The first-order valence-corrected chi connectivity index (χ1v) is 9.88. The van der Waals surface area contributed by atoms with Crippen molar-refractivity contribution in [3.8, 4) is 11.1 Å². The van der Waals surface area contributed by atoms with E-state index in [9.17, 15) is 4.79 Å². The van der Waals surface area contributed by atoms with Crippen molar-refractivity contribution in [1.29, 1.82) is 0 Å². The first-order valence-electron chi connectivity index (χ1n) is 9.88. The van der Waals surface area contributed by atoms with Crippen molar-refractivity contribution in [3.63, 3.8) is 0 Å². The topological polar surface area (TPSA) is 63.4 Å². The Kier molecular flexibility index (Phi) is 4.52. The molecule has 6 heteroatoms. The number of hydrogen-bond acceptors (Lipinski definition) is 4. The summed E-state index contributed by atoms with van der Waals surface area (Å²) in [5.41, 5.74) is 4.99. The summed E-state index contributed by atoms with van der Waals surface area (Å²) < 4.78 is 1.82. The first-order chi connectivity index (χ1) is 14.3. The molecule has 1 unspecified atom stereocenters. The number of aromatic nitrogens is 4. The van der Waals surface area contributed by atoms with Crippen molar-refractivity contribution in [1.82, 2.24) is 24.7 Å². The zero-order chi connectivity index (χ0) is 19.6. The predicted molar refractivity (Wildman–Crippen MR) is 110 cm³/mol. The Labute approximate surface area is 168 Å². The summed E-state index contributed by atoms with van der Waals surface area (Å²) >= 11 is 0. The van der Waals surface area contributed by atoms with Crippen LogP contribution in [0.3, 0.4) is 0 Å². The van der Waals surface area contributed by atoms with Crippen molar-refractivity contribution in [3.05, 3.63) is 84.4 Å². The lowest BCUT2D eigenvalue weighted by molar-refractivity contribution is -0.131. The van der Waals surface area contributed by atoms with Gasteiger partial charge in [-0.15, -0.1) is 5.10 Å². The van der Waals surface area contributed by atoms with Crippen LogP contribution in [0.5, 0.6) is 0 Å². The molecule has 6 nitrogen and oxygen atoms in total. The second-order valence-electron chi connectivity index (χ2n) is 7.37. The molecule has 0 N–H and O–H groups in total. The van der Waals surface area contributed by atoms with Crippen LogP contribution in [0.25, 0.3) is 16.6 Å². The third kappa shape index (κ3) is 3.38. The molecule has 144 valence electrons. The van der Waals surface area contributed by atoms with Crippen LogP contribution in [0, 0.1) is 0 Å². The maximum atomic E-state index is 12.9. The summed E-state index contributed by atoms with van der Waals surface area (Å²) in [6.45, 7) is 0.755. The summed E-state index contributed by atoms with van der Waals surface area (Å²) in [5, 5.41) is 8.80. The van der Waals surface area contributed by atoms with Gasteiger partial charge >= 0.3 is 0 Å². The Morgan fingerprint density at radius 1 is 1.03 bits per heavy atom. The monoisotopic (exact) mass is 383 g/mol. The highest BCUT2D eigenvalue weighted by atomic mass is 16.2. The number of benzene rings is 1. The lowest BCUT2D eigenvalue weighted by atomic mass is 10.1. The molecule has 1 aliphatic heterocycles. The van der Waals surface area contributed by atoms with Gasteiger partial charge in [0, 0.05) is 30.7 Å². The van der Waals surface area contributed by atoms with Gasteiger partial charge in [-0.2, -0.15) is 0 Å². The third-order valence-electron chi connectivity index (χ3n) is 5.51.